The van der Waals surface area contributed by atoms with Crippen molar-refractivity contribution in [1.82, 2.24) is 0 Å². The molecule has 0 aliphatic carbocycles. The van der Waals surface area contributed by atoms with Gasteiger partial charge in [0.05, 0.1) is 9.73 Å². The first kappa shape index (κ1) is 15.8. The molecule has 0 bridgehead atoms. The summed E-state index contributed by atoms with van der Waals surface area (Å²) in [6.07, 6.45) is 5.74. The maximum atomic E-state index is 13.2. The molecule has 0 fully saturated rings. The molecule has 4 unspecified atom stereocenters. The van der Waals surface area contributed by atoms with Crippen LogP contribution >= 0.6 is 0 Å². The monoisotopic (exact) mass is 289 g/mol. The van der Waals surface area contributed by atoms with E-state index in [1.165, 1.54) is 18.5 Å². The van der Waals surface area contributed by atoms with E-state index >= 15 is 0 Å². The molecule has 0 aromatic rings. The summed E-state index contributed by atoms with van der Waals surface area (Å²) in [5.74, 6) is -3.49. The second kappa shape index (κ2) is 5.37. The summed E-state index contributed by atoms with van der Waals surface area (Å²) in [6, 6.07) is 0. The maximum absolute atomic E-state index is 13.2. The van der Waals surface area contributed by atoms with Gasteiger partial charge < -0.3 is 0 Å². The van der Waals surface area contributed by atoms with Gasteiger partial charge in [0.2, 0.25) is 6.19 Å². The fourth-order valence-corrected chi connectivity index (χ4v) is 3.20. The molecule has 0 saturated heterocycles. The van der Waals surface area contributed by atoms with Crippen LogP contribution in [-0.4, -0.2) is 27.9 Å². The third kappa shape index (κ3) is 3.60. The third-order valence-corrected chi connectivity index (χ3v) is 5.46. The van der Waals surface area contributed by atoms with E-state index in [1.807, 2.05) is 0 Å². The lowest BCUT2D eigenvalue weighted by Gasteiger charge is -2.29. The summed E-state index contributed by atoms with van der Waals surface area (Å²) < 4.78 is 42.0. The van der Waals surface area contributed by atoms with Crippen molar-refractivity contribution in [3.05, 3.63) is 11.8 Å². The van der Waals surface area contributed by atoms with Crippen molar-refractivity contribution < 1.29 is 13.0 Å². The number of hydrogen-bond donors (Lipinski definition) is 0. The Morgan fingerprint density at radius 3 is 2.63 bits per heavy atom. The minimum absolute atomic E-state index is 0.233. The minimum Gasteiger partial charge on any atom is -0.259 e. The normalized spacial score (nSPS) is 27.9. The molecule has 1 aliphatic heterocycles. The quantitative estimate of drug-likeness (QED) is 0.750. The molecule has 4 atom stereocenters. The number of nitriles is 1. The van der Waals surface area contributed by atoms with Gasteiger partial charge in [-0.25, -0.2) is 4.21 Å². The summed E-state index contributed by atoms with van der Waals surface area (Å²) in [6.45, 7) is 4.25. The van der Waals surface area contributed by atoms with E-state index in [2.05, 4.69) is 9.36 Å². The molecule has 0 saturated carbocycles. The molecular weight excluding hydrogens is 272 g/mol. The molecule has 0 amide bonds. The van der Waals surface area contributed by atoms with Crippen LogP contribution in [0.4, 0.5) is 8.78 Å². The Labute approximate surface area is 112 Å². The van der Waals surface area contributed by atoms with E-state index in [0.29, 0.717) is 0 Å². The summed E-state index contributed by atoms with van der Waals surface area (Å²) in [5.41, 5.74) is -0.275. The molecule has 106 valence electrons. The highest BCUT2D eigenvalue weighted by molar-refractivity contribution is 7.93. The van der Waals surface area contributed by atoms with Gasteiger partial charge in [-0.2, -0.15) is 14.0 Å². The third-order valence-electron chi connectivity index (χ3n) is 3.32. The fourth-order valence-electron chi connectivity index (χ4n) is 1.97. The lowest BCUT2D eigenvalue weighted by molar-refractivity contribution is 0.0606. The van der Waals surface area contributed by atoms with E-state index in [-0.39, 0.29) is 17.5 Å². The highest BCUT2D eigenvalue weighted by Gasteiger charge is 2.34. The zero-order chi connectivity index (χ0) is 14.8. The van der Waals surface area contributed by atoms with Gasteiger partial charge >= 0.3 is 0 Å². The van der Waals surface area contributed by atoms with E-state index < -0.39 is 20.9 Å². The Balaban J connectivity index is 3.03. The number of alkyl halides is 2. The van der Waals surface area contributed by atoms with E-state index in [9.17, 15) is 13.0 Å². The van der Waals surface area contributed by atoms with Crippen molar-refractivity contribution in [1.29, 1.82) is 5.26 Å². The highest BCUT2D eigenvalue weighted by Crippen LogP contribution is 2.32. The summed E-state index contributed by atoms with van der Waals surface area (Å²) in [5, 5.41) is 8.09. The van der Waals surface area contributed by atoms with Crippen molar-refractivity contribution >= 4 is 15.9 Å². The van der Waals surface area contributed by atoms with Gasteiger partial charge in [-0.1, -0.05) is 13.0 Å². The molecule has 0 spiro atoms. The van der Waals surface area contributed by atoms with Gasteiger partial charge in [0.1, 0.15) is 5.70 Å². The lowest BCUT2D eigenvalue weighted by Crippen LogP contribution is -2.33. The summed E-state index contributed by atoms with van der Waals surface area (Å²) in [4.78, 5) is 3.76. The standard InChI is InChI=1S/C12H17F2N3OS/c1-8-5-11(12(3,13)14)16-6-10(8)9(2)19(4,18)17-7-15/h5-6,8-10H,1-4H3. The van der Waals surface area contributed by atoms with Crippen LogP contribution in [0.15, 0.2) is 21.1 Å². The smallest absolute Gasteiger partial charge is 0.259 e. The first-order valence-corrected chi connectivity index (χ1v) is 7.81. The minimum atomic E-state index is -2.98. The van der Waals surface area contributed by atoms with Crippen molar-refractivity contribution in [3.63, 3.8) is 0 Å². The number of halogens is 2. The van der Waals surface area contributed by atoms with Crippen molar-refractivity contribution in [2.75, 3.05) is 6.26 Å². The maximum Gasteiger partial charge on any atom is 0.286 e. The molecule has 1 heterocycles. The second-order valence-electron chi connectivity index (χ2n) is 4.91. The van der Waals surface area contributed by atoms with Crippen LogP contribution in [-0.2, 0) is 9.73 Å². The van der Waals surface area contributed by atoms with Crippen molar-refractivity contribution in [3.8, 4) is 6.19 Å². The van der Waals surface area contributed by atoms with E-state index in [0.717, 1.165) is 6.92 Å². The molecule has 0 aromatic carbocycles. The Kier molecular flexibility index (Phi) is 4.46. The van der Waals surface area contributed by atoms with Crippen molar-refractivity contribution in [2.45, 2.75) is 31.9 Å². The topological polar surface area (TPSA) is 65.6 Å². The Morgan fingerprint density at radius 2 is 2.21 bits per heavy atom. The predicted octanol–water partition coefficient (Wildman–Crippen LogP) is 2.83. The molecule has 4 nitrogen and oxygen atoms in total. The van der Waals surface area contributed by atoms with Gasteiger partial charge in [0.25, 0.3) is 5.92 Å². The Hall–Kier alpha value is -1.29. The van der Waals surface area contributed by atoms with Crippen LogP contribution in [0.5, 0.6) is 0 Å². The van der Waals surface area contributed by atoms with Crippen LogP contribution in [0.25, 0.3) is 0 Å². The first-order chi connectivity index (χ1) is 8.59. The van der Waals surface area contributed by atoms with E-state index in [1.54, 1.807) is 20.0 Å². The van der Waals surface area contributed by atoms with E-state index in [4.69, 9.17) is 5.26 Å². The van der Waals surface area contributed by atoms with Gasteiger partial charge in [-0.3, -0.25) is 4.99 Å². The van der Waals surface area contributed by atoms with Gasteiger partial charge in [0, 0.05) is 30.6 Å². The molecule has 1 aliphatic rings. The van der Waals surface area contributed by atoms with Gasteiger partial charge in [-0.05, 0) is 12.8 Å². The zero-order valence-corrected chi connectivity index (χ0v) is 12.1. The summed E-state index contributed by atoms with van der Waals surface area (Å²) >= 11 is 0. The second-order valence-corrected chi connectivity index (χ2v) is 7.56. The molecule has 1 rings (SSSR count). The molecule has 0 radical (unpaired) electrons. The molecule has 7 heteroatoms. The molecule has 0 aromatic heterocycles. The number of nitrogens with zero attached hydrogens (tertiary/aromatic N) is 3. The SMILES string of the molecule is CC1C=C(C(C)(F)F)N=CC1C(C)S(C)(=O)=NC#N. The van der Waals surface area contributed by atoms with Crippen LogP contribution in [0.2, 0.25) is 0 Å². The fraction of sp³-hybridized carbons (Fsp3) is 0.667. The largest absolute Gasteiger partial charge is 0.286 e. The van der Waals surface area contributed by atoms with Crippen LogP contribution in [0.3, 0.4) is 0 Å². The number of allylic oxidation sites excluding steroid dienone is 2. The average Bonchev–Trinajstić information content (AvgIpc) is 2.26. The predicted molar refractivity (Wildman–Crippen MR) is 71.4 cm³/mol. The molecular formula is C12H17F2N3OS. The average molecular weight is 289 g/mol. The number of hydrogen-bond acceptors (Lipinski definition) is 4. The Bertz CT molecular complexity index is 563. The van der Waals surface area contributed by atoms with Crippen LogP contribution in [0, 0.1) is 23.3 Å². The van der Waals surface area contributed by atoms with Crippen molar-refractivity contribution in [2.24, 2.45) is 21.2 Å². The number of aliphatic imine (C=N–C) groups is 1. The number of rotatable bonds is 3. The summed E-state index contributed by atoms with van der Waals surface area (Å²) in [7, 11) is -2.69. The van der Waals surface area contributed by atoms with Crippen LogP contribution < -0.4 is 0 Å². The van der Waals surface area contributed by atoms with Gasteiger partial charge in [0.15, 0.2) is 0 Å². The van der Waals surface area contributed by atoms with Gasteiger partial charge in [-0.15, -0.1) is 4.36 Å². The van der Waals surface area contributed by atoms with Crippen LogP contribution in [0.1, 0.15) is 20.8 Å². The Morgan fingerprint density at radius 1 is 1.63 bits per heavy atom. The molecule has 0 N–H and O–H groups in total. The lowest BCUT2D eigenvalue weighted by atomic mass is 9.89. The zero-order valence-electron chi connectivity index (χ0n) is 11.3. The first-order valence-electron chi connectivity index (χ1n) is 5.83. The molecule has 19 heavy (non-hydrogen) atoms. The highest BCUT2D eigenvalue weighted by atomic mass is 32.2.